The fourth-order valence-corrected chi connectivity index (χ4v) is 4.34. The monoisotopic (exact) mass is 508 g/mol. The van der Waals surface area contributed by atoms with Gasteiger partial charge in [-0.1, -0.05) is 30.3 Å². The smallest absolute Gasteiger partial charge is 0.387 e. The second-order valence-corrected chi connectivity index (χ2v) is 8.02. The molecule has 0 fully saturated rings. The van der Waals surface area contributed by atoms with Crippen molar-refractivity contribution in [3.05, 3.63) is 104 Å². The number of benzene rings is 3. The minimum absolute atomic E-state index is 0.0977. The number of aromatic hydroxyl groups is 2. The zero-order chi connectivity index (χ0) is 26.3. The third kappa shape index (κ3) is 4.12. The van der Waals surface area contributed by atoms with E-state index >= 15 is 0 Å². The molecule has 5 rings (SSSR count). The molecule has 0 aliphatic carbocycles. The van der Waals surface area contributed by atoms with E-state index in [1.165, 1.54) is 43.5 Å². The molecule has 5 aromatic rings. The van der Waals surface area contributed by atoms with Crippen molar-refractivity contribution in [1.82, 2.24) is 0 Å². The molecule has 2 N–H and O–H groups in total. The van der Waals surface area contributed by atoms with E-state index in [-0.39, 0.29) is 50.1 Å². The van der Waals surface area contributed by atoms with Crippen LogP contribution in [0.3, 0.4) is 0 Å². The van der Waals surface area contributed by atoms with Crippen molar-refractivity contribution in [3.8, 4) is 23.0 Å². The highest BCUT2D eigenvalue weighted by molar-refractivity contribution is 5.87. The Kier molecular flexibility index (Phi) is 6.00. The predicted octanol–water partition coefficient (Wildman–Crippen LogP) is 5.10. The van der Waals surface area contributed by atoms with Crippen LogP contribution >= 0.6 is 0 Å². The van der Waals surface area contributed by atoms with Crippen molar-refractivity contribution < 1.29 is 37.3 Å². The topological polar surface area (TPSA) is 119 Å². The summed E-state index contributed by atoms with van der Waals surface area (Å²) in [6.07, 6.45) is 0. The molecule has 0 atom stereocenters. The van der Waals surface area contributed by atoms with Crippen molar-refractivity contribution in [2.24, 2.45) is 0 Å². The van der Waals surface area contributed by atoms with E-state index in [1.807, 2.05) is 0 Å². The number of methoxy groups -OCH3 is 1. The van der Waals surface area contributed by atoms with E-state index in [0.717, 1.165) is 6.07 Å². The molecule has 0 saturated carbocycles. The van der Waals surface area contributed by atoms with E-state index in [9.17, 15) is 28.6 Å². The molecule has 0 radical (unpaired) electrons. The van der Waals surface area contributed by atoms with Crippen LogP contribution in [0.4, 0.5) is 8.78 Å². The lowest BCUT2D eigenvalue weighted by Crippen LogP contribution is -2.21. The Morgan fingerprint density at radius 3 is 1.76 bits per heavy atom. The summed E-state index contributed by atoms with van der Waals surface area (Å²) >= 11 is 0. The fraction of sp³-hybridized carbons (Fsp3) is 0.111. The highest BCUT2D eigenvalue weighted by Crippen LogP contribution is 2.43. The summed E-state index contributed by atoms with van der Waals surface area (Å²) in [7, 11) is 1.22. The van der Waals surface area contributed by atoms with E-state index in [2.05, 4.69) is 4.74 Å². The number of hydrogen-bond donors (Lipinski definition) is 2. The molecular formula is C27H18F2O8. The molecule has 2 heterocycles. The zero-order valence-corrected chi connectivity index (χ0v) is 19.1. The molecule has 37 heavy (non-hydrogen) atoms. The van der Waals surface area contributed by atoms with Crippen molar-refractivity contribution >= 4 is 21.9 Å². The van der Waals surface area contributed by atoms with Crippen LogP contribution < -0.4 is 20.7 Å². The molecule has 188 valence electrons. The molecular weight excluding hydrogens is 490 g/mol. The van der Waals surface area contributed by atoms with Crippen LogP contribution in [0.2, 0.25) is 0 Å². The molecule has 10 heteroatoms. The van der Waals surface area contributed by atoms with Gasteiger partial charge in [0.15, 0.2) is 11.5 Å². The maximum Gasteiger partial charge on any atom is 0.387 e. The van der Waals surface area contributed by atoms with Gasteiger partial charge >= 0.3 is 17.9 Å². The number of hydrogen-bond acceptors (Lipinski definition) is 8. The first-order chi connectivity index (χ1) is 17.8. The van der Waals surface area contributed by atoms with Gasteiger partial charge in [-0.2, -0.15) is 8.78 Å². The Morgan fingerprint density at radius 1 is 0.757 bits per heavy atom. The Balaban J connectivity index is 1.87. The van der Waals surface area contributed by atoms with Gasteiger partial charge in [-0.15, -0.1) is 0 Å². The lowest BCUT2D eigenvalue weighted by Gasteiger charge is -2.21. The van der Waals surface area contributed by atoms with Gasteiger partial charge < -0.3 is 28.5 Å². The summed E-state index contributed by atoms with van der Waals surface area (Å²) in [6, 6.07) is 16.1. The Hall–Kier alpha value is -4.86. The van der Waals surface area contributed by atoms with E-state index < -0.39 is 35.3 Å². The average molecular weight is 508 g/mol. The molecule has 0 bridgehead atoms. The minimum Gasteiger partial charge on any atom is -0.507 e. The van der Waals surface area contributed by atoms with E-state index in [0.29, 0.717) is 0 Å². The third-order valence-electron chi connectivity index (χ3n) is 5.95. The standard InChI is InChI=1S/C27H18F2O8/c1-34-19-12-13(10-11-18(19)37-27(28)29)20(21-23(30)14-6-2-4-8-16(14)35-25(21)32)22-24(31)15-7-3-5-9-17(15)36-26(22)33/h2-12,20,27,30-31H,1H3. The average Bonchev–Trinajstić information content (AvgIpc) is 2.87. The number of para-hydroxylation sites is 2. The minimum atomic E-state index is -3.14. The number of ether oxygens (including phenoxy) is 2. The van der Waals surface area contributed by atoms with Gasteiger partial charge in [0.05, 0.1) is 34.9 Å². The molecule has 3 aromatic carbocycles. The Bertz CT molecular complexity index is 1660. The van der Waals surface area contributed by atoms with Crippen LogP contribution in [-0.4, -0.2) is 23.9 Å². The lowest BCUT2D eigenvalue weighted by molar-refractivity contribution is -0.0512. The molecule has 0 saturated heterocycles. The van der Waals surface area contributed by atoms with Gasteiger partial charge in [-0.25, -0.2) is 9.59 Å². The molecule has 8 nitrogen and oxygen atoms in total. The van der Waals surface area contributed by atoms with Crippen molar-refractivity contribution in [2.75, 3.05) is 7.11 Å². The maximum absolute atomic E-state index is 13.2. The first-order valence-electron chi connectivity index (χ1n) is 10.9. The van der Waals surface area contributed by atoms with E-state index in [4.69, 9.17) is 13.6 Å². The number of fused-ring (bicyclic) bond motifs is 2. The summed E-state index contributed by atoms with van der Waals surface area (Å²) in [5.74, 6) is -2.87. The van der Waals surface area contributed by atoms with Gasteiger partial charge in [0.2, 0.25) is 0 Å². The van der Waals surface area contributed by atoms with Crippen LogP contribution in [0.5, 0.6) is 23.0 Å². The molecule has 2 aromatic heterocycles. The number of halogens is 2. The van der Waals surface area contributed by atoms with Crippen molar-refractivity contribution in [1.29, 1.82) is 0 Å². The van der Waals surface area contributed by atoms with Crippen molar-refractivity contribution in [2.45, 2.75) is 12.5 Å². The van der Waals surface area contributed by atoms with Gasteiger partial charge in [-0.05, 0) is 42.0 Å². The summed E-state index contributed by atoms with van der Waals surface area (Å²) in [5.41, 5.74) is -2.40. The maximum atomic E-state index is 13.2. The van der Waals surface area contributed by atoms with Gasteiger partial charge in [0, 0.05) is 0 Å². The van der Waals surface area contributed by atoms with Crippen LogP contribution in [-0.2, 0) is 0 Å². The van der Waals surface area contributed by atoms with Gasteiger partial charge in [0.1, 0.15) is 22.7 Å². The van der Waals surface area contributed by atoms with Crippen LogP contribution in [0.25, 0.3) is 21.9 Å². The molecule has 0 unspecified atom stereocenters. The number of alkyl halides is 2. The normalized spacial score (nSPS) is 11.5. The quantitative estimate of drug-likeness (QED) is 0.304. The van der Waals surface area contributed by atoms with Crippen LogP contribution in [0.1, 0.15) is 22.6 Å². The first kappa shape index (κ1) is 23.9. The lowest BCUT2D eigenvalue weighted by atomic mass is 9.84. The molecule has 0 aliphatic rings. The summed E-state index contributed by atoms with van der Waals surface area (Å²) in [5, 5.41) is 22.7. The predicted molar refractivity (Wildman–Crippen MR) is 129 cm³/mol. The second-order valence-electron chi connectivity index (χ2n) is 8.02. The fourth-order valence-electron chi connectivity index (χ4n) is 4.34. The van der Waals surface area contributed by atoms with Crippen LogP contribution in [0.15, 0.2) is 85.2 Å². The molecule has 0 spiro atoms. The Morgan fingerprint density at radius 2 is 1.27 bits per heavy atom. The number of rotatable bonds is 6. The van der Waals surface area contributed by atoms with E-state index in [1.54, 1.807) is 24.3 Å². The highest BCUT2D eigenvalue weighted by atomic mass is 19.3. The second kappa shape index (κ2) is 9.30. The SMILES string of the molecule is COc1cc(C(c2c(O)c3ccccc3oc2=O)c2c(O)c3ccccc3oc2=O)ccc1OC(F)F. The zero-order valence-electron chi connectivity index (χ0n) is 19.1. The van der Waals surface area contributed by atoms with Gasteiger partial charge in [-0.3, -0.25) is 0 Å². The third-order valence-corrected chi connectivity index (χ3v) is 5.95. The molecule has 0 amide bonds. The largest absolute Gasteiger partial charge is 0.507 e. The highest BCUT2D eigenvalue weighted by Gasteiger charge is 2.33. The van der Waals surface area contributed by atoms with Crippen LogP contribution in [0, 0.1) is 0 Å². The van der Waals surface area contributed by atoms with Crippen molar-refractivity contribution in [3.63, 3.8) is 0 Å². The summed E-state index contributed by atoms with van der Waals surface area (Å²) in [6.45, 7) is -3.14. The Labute approximate surface area is 206 Å². The van der Waals surface area contributed by atoms with Gasteiger partial charge in [0.25, 0.3) is 0 Å². The summed E-state index contributed by atoms with van der Waals surface area (Å²) in [4.78, 5) is 26.4. The first-order valence-corrected chi connectivity index (χ1v) is 10.9. The molecule has 0 aliphatic heterocycles. The summed E-state index contributed by atoms with van der Waals surface area (Å²) < 4.78 is 46.3.